The molecule has 30 heavy (non-hydrogen) atoms. The minimum Gasteiger partial charge on any atom is -0.494 e. The number of pyridine rings is 1. The van der Waals surface area contributed by atoms with Crippen molar-refractivity contribution in [2.75, 3.05) is 52.5 Å². The molecule has 0 amide bonds. The molecule has 164 valence electrons. The summed E-state index contributed by atoms with van der Waals surface area (Å²) in [5, 5.41) is 4.87. The monoisotopic (exact) mass is 432 g/mol. The Labute approximate surface area is 183 Å². The van der Waals surface area contributed by atoms with E-state index in [9.17, 15) is 4.79 Å². The van der Waals surface area contributed by atoms with Gasteiger partial charge in [-0.25, -0.2) is 0 Å². The maximum absolute atomic E-state index is 12.7. The van der Waals surface area contributed by atoms with Crippen LogP contribution in [0.4, 0.5) is 0 Å². The van der Waals surface area contributed by atoms with Gasteiger partial charge in [0.25, 0.3) is 5.56 Å². The van der Waals surface area contributed by atoms with E-state index in [1.807, 2.05) is 38.1 Å². The van der Waals surface area contributed by atoms with Crippen molar-refractivity contribution in [3.05, 3.63) is 40.2 Å². The number of hydrogen-bond acceptors (Lipinski definition) is 5. The average molecular weight is 433 g/mol. The third-order valence-electron chi connectivity index (χ3n) is 5.19. The van der Waals surface area contributed by atoms with E-state index in [2.05, 4.69) is 20.1 Å². The van der Waals surface area contributed by atoms with Gasteiger partial charge in [0.15, 0.2) is 5.11 Å². The van der Waals surface area contributed by atoms with Crippen molar-refractivity contribution in [3.63, 3.8) is 0 Å². The maximum atomic E-state index is 12.7. The molecule has 0 aliphatic carbocycles. The lowest BCUT2D eigenvalue weighted by molar-refractivity contribution is 0.0367. The quantitative estimate of drug-likeness (QED) is 0.590. The van der Waals surface area contributed by atoms with Gasteiger partial charge in [-0.15, -0.1) is 0 Å². The molecule has 2 aromatic rings. The third-order valence-corrected chi connectivity index (χ3v) is 5.59. The van der Waals surface area contributed by atoms with Crippen LogP contribution in [0.1, 0.15) is 25.8 Å². The van der Waals surface area contributed by atoms with Gasteiger partial charge in [0.1, 0.15) is 5.75 Å². The number of hydrogen-bond donors (Lipinski definition) is 2. The number of benzene rings is 1. The van der Waals surface area contributed by atoms with Gasteiger partial charge in [-0.3, -0.25) is 9.69 Å². The van der Waals surface area contributed by atoms with Crippen molar-refractivity contribution < 1.29 is 9.47 Å². The molecule has 1 aromatic carbocycles. The van der Waals surface area contributed by atoms with Crippen LogP contribution in [0.2, 0.25) is 0 Å². The summed E-state index contributed by atoms with van der Waals surface area (Å²) in [6, 6.07) is 7.67. The number of nitrogens with zero attached hydrogens (tertiary/aromatic N) is 2. The normalized spacial score (nSPS) is 14.6. The van der Waals surface area contributed by atoms with Crippen LogP contribution in [0.15, 0.2) is 29.1 Å². The number of aromatic nitrogens is 1. The van der Waals surface area contributed by atoms with Crippen molar-refractivity contribution in [3.8, 4) is 5.75 Å². The highest BCUT2D eigenvalue weighted by molar-refractivity contribution is 7.80. The predicted octanol–water partition coefficient (Wildman–Crippen LogP) is 2.35. The first kappa shape index (κ1) is 22.5. The molecule has 2 heterocycles. The van der Waals surface area contributed by atoms with Crippen molar-refractivity contribution in [2.24, 2.45) is 0 Å². The first-order valence-electron chi connectivity index (χ1n) is 10.7. The average Bonchev–Trinajstić information content (AvgIpc) is 2.75. The number of H-pyrrole nitrogens is 1. The van der Waals surface area contributed by atoms with E-state index in [1.165, 1.54) is 0 Å². The molecule has 0 saturated carbocycles. The number of morpholine rings is 1. The summed E-state index contributed by atoms with van der Waals surface area (Å²) in [5.41, 5.74) is 1.42. The highest BCUT2D eigenvalue weighted by atomic mass is 32.1. The molecule has 0 radical (unpaired) electrons. The van der Waals surface area contributed by atoms with E-state index in [-0.39, 0.29) is 5.56 Å². The van der Waals surface area contributed by atoms with Gasteiger partial charge in [0.2, 0.25) is 0 Å². The zero-order valence-electron chi connectivity index (χ0n) is 17.9. The minimum atomic E-state index is -0.0795. The Balaban J connectivity index is 1.73. The van der Waals surface area contributed by atoms with Crippen LogP contribution in [0.25, 0.3) is 10.9 Å². The van der Waals surface area contributed by atoms with Crippen LogP contribution in [0.3, 0.4) is 0 Å². The zero-order chi connectivity index (χ0) is 21.3. The van der Waals surface area contributed by atoms with E-state index in [0.717, 1.165) is 69.0 Å². The molecule has 8 heteroatoms. The summed E-state index contributed by atoms with van der Waals surface area (Å²) in [5.74, 6) is 0.800. The van der Waals surface area contributed by atoms with Crippen LogP contribution in [0, 0.1) is 0 Å². The lowest BCUT2D eigenvalue weighted by Crippen LogP contribution is -2.42. The number of aromatic amines is 1. The van der Waals surface area contributed by atoms with Gasteiger partial charge >= 0.3 is 0 Å². The Morgan fingerprint density at radius 3 is 2.83 bits per heavy atom. The van der Waals surface area contributed by atoms with Gasteiger partial charge < -0.3 is 24.7 Å². The molecule has 7 nitrogen and oxygen atoms in total. The molecule has 1 saturated heterocycles. The standard InChI is InChI=1S/C22H32N4O3S/c1-3-23-22(30)26(9-5-8-25-10-12-28-13-11-25)16-18-14-17-15-19(29-4-2)6-7-20(17)24-21(18)27/h6-7,14-15H,3-5,8-13,16H2,1-2H3,(H,23,30)(H,24,27). The van der Waals surface area contributed by atoms with Gasteiger partial charge in [-0.2, -0.15) is 0 Å². The summed E-state index contributed by atoms with van der Waals surface area (Å²) in [6.07, 6.45) is 0.978. The fraction of sp³-hybridized carbons (Fsp3) is 0.545. The van der Waals surface area contributed by atoms with Gasteiger partial charge in [-0.05, 0) is 56.8 Å². The second kappa shape index (κ2) is 11.3. The Bertz CT molecular complexity index is 896. The smallest absolute Gasteiger partial charge is 0.253 e. The van der Waals surface area contributed by atoms with E-state index >= 15 is 0 Å². The second-order valence-electron chi connectivity index (χ2n) is 7.37. The summed E-state index contributed by atoms with van der Waals surface area (Å²) in [4.78, 5) is 20.2. The number of ether oxygens (including phenoxy) is 2. The van der Waals surface area contributed by atoms with E-state index in [4.69, 9.17) is 21.7 Å². The maximum Gasteiger partial charge on any atom is 0.253 e. The minimum absolute atomic E-state index is 0.0795. The molecule has 0 spiro atoms. The number of thiocarbonyl (C=S) groups is 1. The highest BCUT2D eigenvalue weighted by Crippen LogP contribution is 2.19. The van der Waals surface area contributed by atoms with Crippen LogP contribution in [-0.4, -0.2) is 72.4 Å². The number of nitrogens with one attached hydrogen (secondary N) is 2. The van der Waals surface area contributed by atoms with Crippen LogP contribution < -0.4 is 15.6 Å². The van der Waals surface area contributed by atoms with Crippen molar-refractivity contribution >= 4 is 28.2 Å². The molecule has 2 N–H and O–H groups in total. The fourth-order valence-corrected chi connectivity index (χ4v) is 3.93. The Morgan fingerprint density at radius 2 is 2.10 bits per heavy atom. The predicted molar refractivity (Wildman–Crippen MR) is 124 cm³/mol. The van der Waals surface area contributed by atoms with Crippen molar-refractivity contribution in [2.45, 2.75) is 26.8 Å². The summed E-state index contributed by atoms with van der Waals surface area (Å²) in [6.45, 7) is 11.2. The summed E-state index contributed by atoms with van der Waals surface area (Å²) < 4.78 is 11.0. The van der Waals surface area contributed by atoms with E-state index in [0.29, 0.717) is 23.8 Å². The van der Waals surface area contributed by atoms with Gasteiger partial charge in [0, 0.05) is 49.2 Å². The second-order valence-corrected chi connectivity index (χ2v) is 7.76. The molecule has 1 aliphatic rings. The van der Waals surface area contributed by atoms with Crippen LogP contribution in [-0.2, 0) is 11.3 Å². The first-order chi connectivity index (χ1) is 14.6. The lowest BCUT2D eigenvalue weighted by atomic mass is 10.1. The van der Waals surface area contributed by atoms with Crippen molar-refractivity contribution in [1.82, 2.24) is 20.1 Å². The molecule has 0 atom stereocenters. The van der Waals surface area contributed by atoms with E-state index in [1.54, 1.807) is 0 Å². The highest BCUT2D eigenvalue weighted by Gasteiger charge is 2.15. The molecular formula is C22H32N4O3S. The Kier molecular flexibility index (Phi) is 8.48. The SMILES string of the molecule is CCNC(=S)N(CCCN1CCOCC1)Cc1cc2cc(OCC)ccc2[nH]c1=O. The topological polar surface area (TPSA) is 69.8 Å². The third kappa shape index (κ3) is 6.17. The molecule has 1 aliphatic heterocycles. The molecule has 0 unspecified atom stereocenters. The largest absolute Gasteiger partial charge is 0.494 e. The van der Waals surface area contributed by atoms with Gasteiger partial charge in [-0.1, -0.05) is 0 Å². The Morgan fingerprint density at radius 1 is 1.30 bits per heavy atom. The molecule has 0 bridgehead atoms. The Hall–Kier alpha value is -2.16. The molecule has 3 rings (SSSR count). The first-order valence-corrected chi connectivity index (χ1v) is 11.1. The zero-order valence-corrected chi connectivity index (χ0v) is 18.7. The van der Waals surface area contributed by atoms with Crippen molar-refractivity contribution in [1.29, 1.82) is 0 Å². The van der Waals surface area contributed by atoms with Gasteiger partial charge in [0.05, 0.1) is 26.4 Å². The summed E-state index contributed by atoms with van der Waals surface area (Å²) in [7, 11) is 0. The fourth-order valence-electron chi connectivity index (χ4n) is 3.63. The molecule has 1 aromatic heterocycles. The number of fused-ring (bicyclic) bond motifs is 1. The van der Waals surface area contributed by atoms with E-state index < -0.39 is 0 Å². The van der Waals surface area contributed by atoms with Crippen LogP contribution in [0.5, 0.6) is 5.75 Å². The molecule has 1 fully saturated rings. The number of rotatable bonds is 9. The molecular weight excluding hydrogens is 400 g/mol. The van der Waals surface area contributed by atoms with Crippen LogP contribution >= 0.6 is 12.2 Å². The lowest BCUT2D eigenvalue weighted by Gasteiger charge is -2.29. The summed E-state index contributed by atoms with van der Waals surface area (Å²) >= 11 is 5.59.